The zero-order valence-electron chi connectivity index (χ0n) is 13.2. The van der Waals surface area contributed by atoms with Gasteiger partial charge in [0.15, 0.2) is 0 Å². The molecule has 2 aliphatic rings. The van der Waals surface area contributed by atoms with E-state index in [2.05, 4.69) is 9.97 Å². The van der Waals surface area contributed by atoms with Gasteiger partial charge in [-0.2, -0.15) is 0 Å². The Morgan fingerprint density at radius 3 is 3.21 bits per heavy atom. The van der Waals surface area contributed by atoms with Gasteiger partial charge in [-0.05, 0) is 24.5 Å². The Morgan fingerprint density at radius 2 is 2.42 bits per heavy atom. The summed E-state index contributed by atoms with van der Waals surface area (Å²) in [5.41, 5.74) is 3.23. The van der Waals surface area contributed by atoms with Crippen LogP contribution in [0.5, 0.6) is 0 Å². The minimum Gasteiger partial charge on any atom is -0.374 e. The predicted octanol–water partition coefficient (Wildman–Crippen LogP) is 2.13. The Labute approximate surface area is 144 Å². The Bertz CT molecular complexity index is 680. The topological polar surface area (TPSA) is 64.6 Å². The number of hydrogen-bond acceptors (Lipinski definition) is 6. The van der Waals surface area contributed by atoms with Gasteiger partial charge >= 0.3 is 0 Å². The van der Waals surface area contributed by atoms with Crippen LogP contribution in [0.1, 0.15) is 28.9 Å². The Morgan fingerprint density at radius 1 is 1.46 bits per heavy atom. The average molecular weight is 345 g/mol. The van der Waals surface area contributed by atoms with Crippen molar-refractivity contribution in [2.45, 2.75) is 37.7 Å². The van der Waals surface area contributed by atoms with Crippen LogP contribution in [0, 0.1) is 0 Å². The van der Waals surface area contributed by atoms with E-state index in [1.807, 2.05) is 17.0 Å². The number of carbonyl (C=O) groups excluding carboxylic acids is 1. The lowest BCUT2D eigenvalue weighted by Crippen LogP contribution is -2.46. The highest BCUT2D eigenvalue weighted by molar-refractivity contribution is 7.07. The molecule has 3 unspecified atom stereocenters. The van der Waals surface area contributed by atoms with Gasteiger partial charge in [-0.1, -0.05) is 6.07 Å². The molecular weight excluding hydrogens is 326 g/mol. The van der Waals surface area contributed by atoms with Crippen LogP contribution in [0.4, 0.5) is 0 Å². The lowest BCUT2D eigenvalue weighted by atomic mass is 10.1. The number of fused-ring (bicyclic) bond motifs is 2. The minimum atomic E-state index is -0.102. The Balaban J connectivity index is 1.50. The maximum Gasteiger partial charge on any atom is 0.273 e. The zero-order valence-corrected chi connectivity index (χ0v) is 14.0. The van der Waals surface area contributed by atoms with E-state index >= 15 is 0 Å². The summed E-state index contributed by atoms with van der Waals surface area (Å²) in [4.78, 5) is 22.9. The SMILES string of the molecule is O=C(c1cscn1)N1CCOC2CCC1C2OCc1cccnc1. The third-order valence-electron chi connectivity index (χ3n) is 4.63. The van der Waals surface area contributed by atoms with Crippen molar-refractivity contribution in [2.24, 2.45) is 0 Å². The van der Waals surface area contributed by atoms with Crippen LogP contribution >= 0.6 is 11.3 Å². The Kier molecular flexibility index (Phi) is 4.55. The molecule has 3 atom stereocenters. The molecule has 126 valence electrons. The third kappa shape index (κ3) is 3.07. The van der Waals surface area contributed by atoms with Crippen molar-refractivity contribution in [3.05, 3.63) is 46.7 Å². The van der Waals surface area contributed by atoms with Gasteiger partial charge < -0.3 is 14.4 Å². The molecule has 2 aromatic rings. The lowest BCUT2D eigenvalue weighted by Gasteiger charge is -2.30. The van der Waals surface area contributed by atoms with E-state index in [0.29, 0.717) is 25.5 Å². The van der Waals surface area contributed by atoms with Crippen LogP contribution in [0.25, 0.3) is 0 Å². The molecule has 0 spiro atoms. The highest BCUT2D eigenvalue weighted by Crippen LogP contribution is 2.33. The van der Waals surface area contributed by atoms with Crippen molar-refractivity contribution in [3.63, 3.8) is 0 Å². The number of amides is 1. The summed E-state index contributed by atoms with van der Waals surface area (Å²) in [6.45, 7) is 1.61. The van der Waals surface area contributed by atoms with E-state index in [0.717, 1.165) is 18.4 Å². The first-order valence-electron chi connectivity index (χ1n) is 8.14. The van der Waals surface area contributed by atoms with Gasteiger partial charge in [0, 0.05) is 24.3 Å². The number of thiazole rings is 1. The van der Waals surface area contributed by atoms with Crippen LogP contribution in [0.2, 0.25) is 0 Å². The van der Waals surface area contributed by atoms with E-state index in [9.17, 15) is 4.79 Å². The van der Waals surface area contributed by atoms with Gasteiger partial charge in [-0.25, -0.2) is 4.98 Å². The van der Waals surface area contributed by atoms with Gasteiger partial charge in [0.25, 0.3) is 5.91 Å². The van der Waals surface area contributed by atoms with E-state index in [1.165, 1.54) is 11.3 Å². The largest absolute Gasteiger partial charge is 0.374 e. The molecule has 0 radical (unpaired) electrons. The number of carbonyl (C=O) groups is 1. The summed E-state index contributed by atoms with van der Waals surface area (Å²) in [5, 5.41) is 1.80. The number of nitrogens with zero attached hydrogens (tertiary/aromatic N) is 3. The van der Waals surface area contributed by atoms with Gasteiger partial charge in [0.2, 0.25) is 0 Å². The van der Waals surface area contributed by atoms with Gasteiger partial charge in [0.1, 0.15) is 11.8 Å². The summed E-state index contributed by atoms with van der Waals surface area (Å²) in [6, 6.07) is 3.93. The van der Waals surface area contributed by atoms with Crippen LogP contribution in [-0.4, -0.2) is 52.2 Å². The van der Waals surface area contributed by atoms with E-state index < -0.39 is 0 Å². The molecular formula is C17H19N3O3S. The first kappa shape index (κ1) is 15.7. The van der Waals surface area contributed by atoms with E-state index in [-0.39, 0.29) is 24.2 Å². The third-order valence-corrected chi connectivity index (χ3v) is 5.22. The van der Waals surface area contributed by atoms with Crippen molar-refractivity contribution in [3.8, 4) is 0 Å². The monoisotopic (exact) mass is 345 g/mol. The molecule has 3 heterocycles. The zero-order chi connectivity index (χ0) is 16.4. The molecule has 2 aromatic heterocycles. The number of hydrogen-bond donors (Lipinski definition) is 0. The maximum absolute atomic E-state index is 12.8. The molecule has 0 N–H and O–H groups in total. The summed E-state index contributed by atoms with van der Waals surface area (Å²) in [5.74, 6) is -0.0256. The standard InChI is InChI=1S/C17H19N3O3S/c21-17(13-10-24-11-19-13)20-6-7-22-15-4-3-14(20)16(15)23-9-12-2-1-5-18-8-12/h1-2,5,8,10-11,14-16H,3-4,6-7,9H2. The second-order valence-corrected chi connectivity index (χ2v) is 6.78. The average Bonchev–Trinajstić information content (AvgIpc) is 3.22. The fourth-order valence-corrected chi connectivity index (χ4v) is 4.03. The highest BCUT2D eigenvalue weighted by atomic mass is 32.1. The van der Waals surface area contributed by atoms with Crippen LogP contribution in [0.15, 0.2) is 35.4 Å². The summed E-state index contributed by atoms with van der Waals surface area (Å²) < 4.78 is 12.1. The number of pyridine rings is 1. The fourth-order valence-electron chi connectivity index (χ4n) is 3.50. The van der Waals surface area contributed by atoms with Crippen LogP contribution in [-0.2, 0) is 16.1 Å². The van der Waals surface area contributed by atoms with Crippen molar-refractivity contribution in [1.29, 1.82) is 0 Å². The molecule has 1 aliphatic heterocycles. The minimum absolute atomic E-state index is 0.0256. The Hall–Kier alpha value is -1.83. The first-order valence-corrected chi connectivity index (χ1v) is 9.08. The second kappa shape index (κ2) is 6.96. The summed E-state index contributed by atoms with van der Waals surface area (Å²) in [6.07, 6.45) is 5.32. The summed E-state index contributed by atoms with van der Waals surface area (Å²) >= 11 is 1.44. The molecule has 1 saturated carbocycles. The molecule has 24 heavy (non-hydrogen) atoms. The normalized spacial score (nSPS) is 26.3. The van der Waals surface area contributed by atoms with Crippen LogP contribution < -0.4 is 0 Å². The van der Waals surface area contributed by atoms with E-state index in [4.69, 9.17) is 9.47 Å². The van der Waals surface area contributed by atoms with E-state index in [1.54, 1.807) is 23.3 Å². The van der Waals surface area contributed by atoms with Gasteiger partial charge in [-0.3, -0.25) is 9.78 Å². The van der Waals surface area contributed by atoms with Gasteiger partial charge in [-0.15, -0.1) is 11.3 Å². The van der Waals surface area contributed by atoms with Gasteiger partial charge in [0.05, 0.1) is 30.9 Å². The van der Waals surface area contributed by atoms with Crippen molar-refractivity contribution >= 4 is 17.2 Å². The maximum atomic E-state index is 12.8. The summed E-state index contributed by atoms with van der Waals surface area (Å²) in [7, 11) is 0. The molecule has 1 saturated heterocycles. The predicted molar refractivity (Wildman–Crippen MR) is 88.7 cm³/mol. The molecule has 7 heteroatoms. The second-order valence-electron chi connectivity index (χ2n) is 6.06. The van der Waals surface area contributed by atoms with Crippen molar-refractivity contribution < 1.29 is 14.3 Å². The first-order chi connectivity index (χ1) is 11.8. The molecule has 1 amide bonds. The molecule has 2 bridgehead atoms. The van der Waals surface area contributed by atoms with Crippen molar-refractivity contribution in [1.82, 2.24) is 14.9 Å². The molecule has 1 aliphatic carbocycles. The van der Waals surface area contributed by atoms with Crippen molar-refractivity contribution in [2.75, 3.05) is 13.2 Å². The fraction of sp³-hybridized carbons (Fsp3) is 0.471. The molecule has 6 nitrogen and oxygen atoms in total. The lowest BCUT2D eigenvalue weighted by molar-refractivity contribution is -0.0598. The molecule has 4 rings (SSSR count). The van der Waals surface area contributed by atoms with Crippen LogP contribution in [0.3, 0.4) is 0 Å². The smallest absolute Gasteiger partial charge is 0.273 e. The number of rotatable bonds is 4. The molecule has 0 aromatic carbocycles. The number of ether oxygens (including phenoxy) is 2. The quantitative estimate of drug-likeness (QED) is 0.849. The highest BCUT2D eigenvalue weighted by Gasteiger charge is 2.45. The number of aromatic nitrogens is 2. The molecule has 2 fully saturated rings.